The van der Waals surface area contributed by atoms with Gasteiger partial charge in [-0.15, -0.1) is 0 Å². The largest absolute Gasteiger partial charge is 0.469 e. The zero-order chi connectivity index (χ0) is 22.4. The first kappa shape index (κ1) is 22.3. The molecular formula is C23H23NO6S. The zero-order valence-corrected chi connectivity index (χ0v) is 18.0. The van der Waals surface area contributed by atoms with Crippen LogP contribution >= 0.6 is 0 Å². The van der Waals surface area contributed by atoms with Crippen molar-refractivity contribution in [2.75, 3.05) is 7.11 Å². The van der Waals surface area contributed by atoms with Crippen molar-refractivity contribution in [2.45, 2.75) is 30.0 Å². The van der Waals surface area contributed by atoms with E-state index in [0.717, 1.165) is 11.1 Å². The van der Waals surface area contributed by atoms with Gasteiger partial charge in [0.2, 0.25) is 0 Å². The maximum atomic E-state index is 12.7. The van der Waals surface area contributed by atoms with Gasteiger partial charge in [-0.2, -0.15) is 0 Å². The molecule has 0 aliphatic rings. The molecule has 162 valence electrons. The van der Waals surface area contributed by atoms with Gasteiger partial charge in [0.15, 0.2) is 15.6 Å². The number of hydrogen-bond acceptors (Lipinski definition) is 6. The molecule has 0 saturated carbocycles. The van der Waals surface area contributed by atoms with Crippen LogP contribution in [0, 0.1) is 6.92 Å². The number of furan rings is 1. The fourth-order valence-electron chi connectivity index (χ4n) is 3.01. The highest BCUT2D eigenvalue weighted by molar-refractivity contribution is 7.90. The second-order valence-electron chi connectivity index (χ2n) is 7.06. The number of carbonyl (C=O) groups excluding carboxylic acids is 2. The second-order valence-corrected chi connectivity index (χ2v) is 9.04. The van der Waals surface area contributed by atoms with Gasteiger partial charge in [0.1, 0.15) is 11.5 Å². The number of methoxy groups -OCH3 is 1. The number of hydrogen-bond donors (Lipinski definition) is 1. The lowest BCUT2D eigenvalue weighted by Crippen LogP contribution is -2.30. The Hall–Kier alpha value is -3.39. The topological polar surface area (TPSA) is 103 Å². The number of amides is 1. The Kier molecular flexibility index (Phi) is 6.91. The Labute approximate surface area is 181 Å². The smallest absolute Gasteiger partial charge is 0.307 e. The molecule has 8 heteroatoms. The number of aryl methyl sites for hydroxylation is 1. The molecule has 7 nitrogen and oxygen atoms in total. The van der Waals surface area contributed by atoms with Crippen molar-refractivity contribution in [3.05, 3.63) is 89.4 Å². The van der Waals surface area contributed by atoms with Crippen LogP contribution in [0.25, 0.3) is 0 Å². The molecule has 0 radical (unpaired) electrons. The van der Waals surface area contributed by atoms with Gasteiger partial charge in [0.25, 0.3) is 5.91 Å². The maximum absolute atomic E-state index is 12.7. The highest BCUT2D eigenvalue weighted by atomic mass is 32.2. The van der Waals surface area contributed by atoms with Crippen LogP contribution in [0.5, 0.6) is 0 Å². The molecule has 0 aliphatic heterocycles. The van der Waals surface area contributed by atoms with Gasteiger partial charge in [0, 0.05) is 0 Å². The standard InChI is InChI=1S/C23H23NO6S/c1-16-8-10-17(11-9-16)20(14-22(25)29-2)24-23(26)21-13-12-18(30-21)15-31(27,28)19-6-4-3-5-7-19/h3-13,20H,14-15H2,1-2H3,(H,24,26). The van der Waals surface area contributed by atoms with E-state index in [0.29, 0.717) is 0 Å². The average Bonchev–Trinajstić information content (AvgIpc) is 3.22. The Bertz CT molecular complexity index is 1150. The molecule has 0 bridgehead atoms. The summed E-state index contributed by atoms with van der Waals surface area (Å²) in [5.74, 6) is -1.29. The van der Waals surface area contributed by atoms with Crippen molar-refractivity contribution in [1.82, 2.24) is 5.32 Å². The summed E-state index contributed by atoms with van der Waals surface area (Å²) in [5, 5.41) is 2.76. The number of sulfone groups is 1. The molecule has 1 heterocycles. The first-order chi connectivity index (χ1) is 14.8. The lowest BCUT2D eigenvalue weighted by molar-refractivity contribution is -0.141. The van der Waals surface area contributed by atoms with E-state index in [-0.39, 0.29) is 28.6 Å². The summed E-state index contributed by atoms with van der Waals surface area (Å²) in [6.07, 6.45) is -0.0543. The molecule has 3 rings (SSSR count). The summed E-state index contributed by atoms with van der Waals surface area (Å²) >= 11 is 0. The van der Waals surface area contributed by atoms with Crippen molar-refractivity contribution >= 4 is 21.7 Å². The first-order valence-corrected chi connectivity index (χ1v) is 11.2. The molecule has 0 spiro atoms. The molecule has 1 atom stereocenters. The quantitative estimate of drug-likeness (QED) is 0.536. The Morgan fingerprint density at radius 2 is 1.68 bits per heavy atom. The van der Waals surface area contributed by atoms with Crippen LogP contribution in [-0.2, 0) is 25.1 Å². The summed E-state index contributed by atoms with van der Waals surface area (Å²) in [6.45, 7) is 1.94. The summed E-state index contributed by atoms with van der Waals surface area (Å²) in [7, 11) is -2.32. The van der Waals surface area contributed by atoms with Gasteiger partial charge >= 0.3 is 5.97 Å². The molecule has 0 saturated heterocycles. The Morgan fingerprint density at radius 1 is 1.00 bits per heavy atom. The van der Waals surface area contributed by atoms with Gasteiger partial charge in [-0.25, -0.2) is 8.42 Å². The molecule has 31 heavy (non-hydrogen) atoms. The van der Waals surface area contributed by atoms with Crippen molar-refractivity contribution in [2.24, 2.45) is 0 Å². The van der Waals surface area contributed by atoms with Crippen molar-refractivity contribution in [1.29, 1.82) is 0 Å². The van der Waals surface area contributed by atoms with Crippen LogP contribution < -0.4 is 5.32 Å². The van der Waals surface area contributed by atoms with Crippen LogP contribution in [0.2, 0.25) is 0 Å². The van der Waals surface area contributed by atoms with Gasteiger partial charge < -0.3 is 14.5 Å². The SMILES string of the molecule is COC(=O)CC(NC(=O)c1ccc(CS(=O)(=O)c2ccccc2)o1)c1ccc(C)cc1. The van der Waals surface area contributed by atoms with Crippen LogP contribution in [-0.4, -0.2) is 27.4 Å². The highest BCUT2D eigenvalue weighted by Gasteiger charge is 2.23. The molecular weight excluding hydrogens is 418 g/mol. The summed E-state index contributed by atoms with van der Waals surface area (Å²) in [5.41, 5.74) is 1.78. The number of ether oxygens (including phenoxy) is 1. The first-order valence-electron chi connectivity index (χ1n) is 9.59. The van der Waals surface area contributed by atoms with Crippen LogP contribution in [0.4, 0.5) is 0 Å². The van der Waals surface area contributed by atoms with Gasteiger partial charge in [-0.1, -0.05) is 48.0 Å². The van der Waals surface area contributed by atoms with Crippen LogP contribution in [0.3, 0.4) is 0 Å². The minimum atomic E-state index is -3.60. The number of benzene rings is 2. The summed E-state index contributed by atoms with van der Waals surface area (Å²) < 4.78 is 35.2. The van der Waals surface area contributed by atoms with Gasteiger partial charge in [-0.3, -0.25) is 9.59 Å². The molecule has 3 aromatic rings. The van der Waals surface area contributed by atoms with Crippen LogP contribution in [0.1, 0.15) is 39.9 Å². The van der Waals surface area contributed by atoms with E-state index in [1.165, 1.54) is 31.4 Å². The minimum absolute atomic E-state index is 0.0414. The summed E-state index contributed by atoms with van der Waals surface area (Å²) in [6, 6.07) is 17.7. The molecule has 0 aliphatic carbocycles. The zero-order valence-electron chi connectivity index (χ0n) is 17.2. The predicted molar refractivity (Wildman–Crippen MR) is 114 cm³/mol. The average molecular weight is 442 g/mol. The minimum Gasteiger partial charge on any atom is -0.469 e. The molecule has 1 aromatic heterocycles. The predicted octanol–water partition coefficient (Wildman–Crippen LogP) is 3.60. The fourth-order valence-corrected chi connectivity index (χ4v) is 4.27. The summed E-state index contributed by atoms with van der Waals surface area (Å²) in [4.78, 5) is 24.7. The molecule has 1 unspecified atom stereocenters. The third-order valence-corrected chi connectivity index (χ3v) is 6.36. The van der Waals surface area contributed by atoms with Crippen molar-refractivity contribution in [3.8, 4) is 0 Å². The van der Waals surface area contributed by atoms with E-state index in [9.17, 15) is 18.0 Å². The lowest BCUT2D eigenvalue weighted by atomic mass is 10.0. The van der Waals surface area contributed by atoms with E-state index in [1.54, 1.807) is 18.2 Å². The monoisotopic (exact) mass is 441 g/mol. The van der Waals surface area contributed by atoms with Crippen molar-refractivity contribution < 1.29 is 27.2 Å². The molecule has 1 N–H and O–H groups in total. The number of nitrogens with one attached hydrogen (secondary N) is 1. The van der Waals surface area contributed by atoms with Gasteiger partial charge in [-0.05, 0) is 36.8 Å². The van der Waals surface area contributed by atoms with Crippen molar-refractivity contribution in [3.63, 3.8) is 0 Å². The van der Waals surface area contributed by atoms with Gasteiger partial charge in [0.05, 0.1) is 24.5 Å². The molecule has 1 amide bonds. The third kappa shape index (κ3) is 5.82. The van der Waals surface area contributed by atoms with E-state index >= 15 is 0 Å². The molecule has 2 aromatic carbocycles. The van der Waals surface area contributed by atoms with Crippen LogP contribution in [0.15, 0.2) is 76.0 Å². The lowest BCUT2D eigenvalue weighted by Gasteiger charge is -2.17. The number of carbonyl (C=O) groups is 2. The van der Waals surface area contributed by atoms with E-state index in [2.05, 4.69) is 5.32 Å². The molecule has 0 fully saturated rings. The second kappa shape index (κ2) is 9.61. The Morgan fingerprint density at radius 3 is 2.32 bits per heavy atom. The normalized spacial score (nSPS) is 12.2. The van der Waals surface area contributed by atoms with E-state index in [1.807, 2.05) is 31.2 Å². The highest BCUT2D eigenvalue weighted by Crippen LogP contribution is 2.21. The fraction of sp³-hybridized carbons (Fsp3) is 0.217. The number of rotatable bonds is 8. The van der Waals surface area contributed by atoms with E-state index in [4.69, 9.17) is 9.15 Å². The van der Waals surface area contributed by atoms with E-state index < -0.39 is 27.8 Å². The Balaban J connectivity index is 1.75. The number of esters is 1. The maximum Gasteiger partial charge on any atom is 0.307 e. The third-order valence-electron chi connectivity index (χ3n) is 4.70.